The van der Waals surface area contributed by atoms with Crippen LogP contribution in [0.5, 0.6) is 0 Å². The molecule has 0 N–H and O–H groups in total. The molecule has 0 bridgehead atoms. The van der Waals surface area contributed by atoms with Crippen molar-refractivity contribution in [3.8, 4) is 0 Å². The molecule has 0 saturated carbocycles. The van der Waals surface area contributed by atoms with Crippen LogP contribution in [0.2, 0.25) is 0 Å². The Kier molecular flexibility index (Phi) is 5.84. The van der Waals surface area contributed by atoms with Crippen LogP contribution in [0.1, 0.15) is 33.6 Å². The van der Waals surface area contributed by atoms with Gasteiger partial charge < -0.3 is 0 Å². The van der Waals surface area contributed by atoms with Gasteiger partial charge in [-0.15, -0.1) is 0 Å². The largest absolute Gasteiger partial charge is 0.342 e. The van der Waals surface area contributed by atoms with Crippen LogP contribution >= 0.6 is 0 Å². The second kappa shape index (κ2) is 6.16. The molecule has 0 aromatic rings. The fraction of sp³-hybridized carbons (Fsp3) is 0.875. The molecular weight excluding hydrogens is 144 g/mol. The van der Waals surface area contributed by atoms with E-state index in [4.69, 9.17) is 0 Å². The molecular formula is C8H16O3. The lowest BCUT2D eigenvalue weighted by Crippen LogP contribution is -2.08. The fourth-order valence-electron chi connectivity index (χ4n) is 0.482. The molecule has 0 spiro atoms. The lowest BCUT2D eigenvalue weighted by atomic mass is 10.2. The zero-order valence-electron chi connectivity index (χ0n) is 7.42. The molecule has 0 heterocycles. The summed E-state index contributed by atoms with van der Waals surface area (Å²) in [5.74, 6) is 0.109. The van der Waals surface area contributed by atoms with Gasteiger partial charge in [-0.25, -0.2) is 4.79 Å². The molecule has 66 valence electrons. The number of carbonyl (C=O) groups excluding carboxylic acids is 1. The van der Waals surface area contributed by atoms with Crippen molar-refractivity contribution in [3.05, 3.63) is 0 Å². The summed E-state index contributed by atoms with van der Waals surface area (Å²) in [6.45, 7) is 6.38. The predicted octanol–water partition coefficient (Wildman–Crippen LogP) is 1.92. The second-order valence-electron chi connectivity index (χ2n) is 2.88. The van der Waals surface area contributed by atoms with Crippen molar-refractivity contribution in [1.82, 2.24) is 0 Å². The van der Waals surface area contributed by atoms with Crippen LogP contribution < -0.4 is 0 Å². The van der Waals surface area contributed by atoms with Crippen molar-refractivity contribution >= 4 is 5.97 Å². The number of rotatable bonds is 5. The molecule has 3 heteroatoms. The number of carbonyl (C=O) groups is 1. The maximum Gasteiger partial charge on any atom is 0.342 e. The summed E-state index contributed by atoms with van der Waals surface area (Å²) in [6.07, 6.45) is 1.22. The van der Waals surface area contributed by atoms with E-state index in [-0.39, 0.29) is 5.97 Å². The Hall–Kier alpha value is -0.570. The molecule has 0 atom stereocenters. The van der Waals surface area contributed by atoms with Crippen molar-refractivity contribution in [2.24, 2.45) is 5.92 Å². The van der Waals surface area contributed by atoms with Crippen molar-refractivity contribution in [1.29, 1.82) is 0 Å². The highest BCUT2D eigenvalue weighted by atomic mass is 17.2. The summed E-state index contributed by atoms with van der Waals surface area (Å²) in [6, 6.07) is 0. The molecule has 11 heavy (non-hydrogen) atoms. The third-order valence-corrected chi connectivity index (χ3v) is 1.01. The van der Waals surface area contributed by atoms with Gasteiger partial charge in [0, 0.05) is 6.42 Å². The molecule has 0 fully saturated rings. The third kappa shape index (κ3) is 7.33. The Labute approximate surface area is 67.6 Å². The highest BCUT2D eigenvalue weighted by molar-refractivity contribution is 5.68. The standard InChI is InChI=1S/C8H16O3/c1-4-5-8(9)11-10-6-7(2)3/h7H,4-6H2,1-3H3. The van der Waals surface area contributed by atoms with Crippen molar-refractivity contribution in [2.45, 2.75) is 33.6 Å². The maximum absolute atomic E-state index is 10.7. The first-order chi connectivity index (χ1) is 5.16. The average molecular weight is 160 g/mol. The van der Waals surface area contributed by atoms with Gasteiger partial charge >= 0.3 is 5.97 Å². The molecule has 0 aliphatic rings. The maximum atomic E-state index is 10.7. The minimum atomic E-state index is -0.284. The highest BCUT2D eigenvalue weighted by Crippen LogP contribution is 1.96. The molecule has 0 saturated heterocycles. The van der Waals surface area contributed by atoms with Gasteiger partial charge in [0.2, 0.25) is 0 Å². The van der Waals surface area contributed by atoms with Gasteiger partial charge in [0.15, 0.2) is 0 Å². The van der Waals surface area contributed by atoms with Crippen LogP contribution in [0.4, 0.5) is 0 Å². The Morgan fingerprint density at radius 1 is 1.45 bits per heavy atom. The smallest absolute Gasteiger partial charge is 0.298 e. The van der Waals surface area contributed by atoms with E-state index in [2.05, 4.69) is 9.78 Å². The van der Waals surface area contributed by atoms with E-state index >= 15 is 0 Å². The first kappa shape index (κ1) is 10.4. The highest BCUT2D eigenvalue weighted by Gasteiger charge is 2.02. The predicted molar refractivity (Wildman–Crippen MR) is 41.8 cm³/mol. The van der Waals surface area contributed by atoms with Crippen LogP contribution in [0, 0.1) is 5.92 Å². The summed E-state index contributed by atoms with van der Waals surface area (Å²) in [7, 11) is 0. The summed E-state index contributed by atoms with van der Waals surface area (Å²) in [5.41, 5.74) is 0. The zero-order chi connectivity index (χ0) is 8.69. The SMILES string of the molecule is CCCC(=O)OOCC(C)C. The molecule has 0 radical (unpaired) electrons. The number of hydrogen-bond donors (Lipinski definition) is 0. The summed E-state index contributed by atoms with van der Waals surface area (Å²) >= 11 is 0. The van der Waals surface area contributed by atoms with Gasteiger partial charge in [0.05, 0.1) is 6.61 Å². The summed E-state index contributed by atoms with van der Waals surface area (Å²) < 4.78 is 0. The molecule has 0 rings (SSSR count). The van der Waals surface area contributed by atoms with Gasteiger partial charge in [-0.3, -0.25) is 4.89 Å². The van der Waals surface area contributed by atoms with Gasteiger partial charge in [-0.2, -0.15) is 4.89 Å². The summed E-state index contributed by atoms with van der Waals surface area (Å²) in [4.78, 5) is 19.8. The van der Waals surface area contributed by atoms with E-state index in [1.54, 1.807) is 0 Å². The van der Waals surface area contributed by atoms with Crippen molar-refractivity contribution in [2.75, 3.05) is 6.61 Å². The van der Waals surface area contributed by atoms with Gasteiger partial charge in [0.1, 0.15) is 0 Å². The van der Waals surface area contributed by atoms with Gasteiger partial charge in [-0.1, -0.05) is 20.8 Å². The van der Waals surface area contributed by atoms with Crippen LogP contribution in [-0.2, 0) is 14.6 Å². The molecule has 0 aliphatic heterocycles. The minimum Gasteiger partial charge on any atom is -0.298 e. The van der Waals surface area contributed by atoms with Crippen LogP contribution in [0.3, 0.4) is 0 Å². The van der Waals surface area contributed by atoms with E-state index in [1.807, 2.05) is 20.8 Å². The van der Waals surface area contributed by atoms with Crippen LogP contribution in [-0.4, -0.2) is 12.6 Å². The van der Waals surface area contributed by atoms with E-state index in [0.717, 1.165) is 6.42 Å². The molecule has 0 aliphatic carbocycles. The average Bonchev–Trinajstić information content (AvgIpc) is 1.87. The van der Waals surface area contributed by atoms with E-state index in [0.29, 0.717) is 18.9 Å². The quantitative estimate of drug-likeness (QED) is 0.455. The Morgan fingerprint density at radius 2 is 2.09 bits per heavy atom. The second-order valence-corrected chi connectivity index (χ2v) is 2.88. The molecule has 3 nitrogen and oxygen atoms in total. The first-order valence-electron chi connectivity index (χ1n) is 3.99. The van der Waals surface area contributed by atoms with Crippen LogP contribution in [0.15, 0.2) is 0 Å². The van der Waals surface area contributed by atoms with Gasteiger partial charge in [-0.05, 0) is 12.3 Å². The lowest BCUT2D eigenvalue weighted by Gasteiger charge is -2.04. The Balaban J connectivity index is 3.17. The lowest BCUT2D eigenvalue weighted by molar-refractivity contribution is -0.276. The summed E-state index contributed by atoms with van der Waals surface area (Å²) in [5, 5.41) is 0. The van der Waals surface area contributed by atoms with Gasteiger partial charge in [0.25, 0.3) is 0 Å². The number of hydrogen-bond acceptors (Lipinski definition) is 3. The van der Waals surface area contributed by atoms with E-state index in [9.17, 15) is 4.79 Å². The molecule has 0 unspecified atom stereocenters. The first-order valence-corrected chi connectivity index (χ1v) is 3.99. The Morgan fingerprint density at radius 3 is 2.55 bits per heavy atom. The fourth-order valence-corrected chi connectivity index (χ4v) is 0.482. The Bertz CT molecular complexity index is 110. The van der Waals surface area contributed by atoms with E-state index < -0.39 is 0 Å². The molecule has 0 aromatic heterocycles. The normalized spacial score (nSPS) is 10.2. The topological polar surface area (TPSA) is 35.5 Å². The van der Waals surface area contributed by atoms with Crippen LogP contribution in [0.25, 0.3) is 0 Å². The third-order valence-electron chi connectivity index (χ3n) is 1.01. The zero-order valence-corrected chi connectivity index (χ0v) is 7.42. The molecule has 0 aromatic carbocycles. The molecule has 0 amide bonds. The van der Waals surface area contributed by atoms with E-state index in [1.165, 1.54) is 0 Å². The minimum absolute atomic E-state index is 0.284. The van der Waals surface area contributed by atoms with Crippen molar-refractivity contribution < 1.29 is 14.6 Å². The van der Waals surface area contributed by atoms with Crippen molar-refractivity contribution in [3.63, 3.8) is 0 Å². The monoisotopic (exact) mass is 160 g/mol.